The summed E-state index contributed by atoms with van der Waals surface area (Å²) in [5.74, 6) is 6.94. The summed E-state index contributed by atoms with van der Waals surface area (Å²) >= 11 is 0. The van der Waals surface area contributed by atoms with Crippen LogP contribution in [0.15, 0.2) is 36.7 Å². The van der Waals surface area contributed by atoms with Crippen LogP contribution in [-0.2, 0) is 0 Å². The minimum Gasteiger partial charge on any atom is -0.308 e. The number of nitrogens with one attached hydrogen (secondary N) is 1. The van der Waals surface area contributed by atoms with Crippen LogP contribution in [0.5, 0.6) is 0 Å². The molecule has 0 amide bonds. The minimum atomic E-state index is 0.292. The lowest BCUT2D eigenvalue weighted by molar-refractivity contribution is 0.816. The Kier molecular flexibility index (Phi) is 3.08. The van der Waals surface area contributed by atoms with E-state index in [0.29, 0.717) is 17.6 Å². The molecule has 0 aliphatic heterocycles. The fraction of sp³-hybridized carbons (Fsp3) is 0.214. The molecule has 0 aromatic carbocycles. The molecule has 0 atom stereocenters. The van der Waals surface area contributed by atoms with Crippen molar-refractivity contribution in [2.45, 2.75) is 19.8 Å². The van der Waals surface area contributed by atoms with Gasteiger partial charge in [-0.3, -0.25) is 0 Å². The Bertz CT molecular complexity index is 713. The molecule has 0 bridgehead atoms. The van der Waals surface area contributed by atoms with Gasteiger partial charge in [0.1, 0.15) is 17.2 Å². The maximum absolute atomic E-state index is 5.48. The van der Waals surface area contributed by atoms with E-state index in [1.54, 1.807) is 0 Å². The Balaban J connectivity index is 2.14. The largest absolute Gasteiger partial charge is 0.308 e. The Labute approximate surface area is 116 Å². The SMILES string of the molecule is CC(C)c1cc(NN)nc(-c2cn3ccccc3n2)n1. The van der Waals surface area contributed by atoms with Crippen molar-refractivity contribution in [3.05, 3.63) is 42.4 Å². The van der Waals surface area contributed by atoms with Gasteiger partial charge in [-0.15, -0.1) is 0 Å². The number of hydrazine groups is 1. The highest BCUT2D eigenvalue weighted by molar-refractivity contribution is 5.57. The molecular weight excluding hydrogens is 252 g/mol. The highest BCUT2D eigenvalue weighted by Gasteiger charge is 2.12. The first kappa shape index (κ1) is 12.6. The molecule has 102 valence electrons. The van der Waals surface area contributed by atoms with Crippen LogP contribution < -0.4 is 11.3 Å². The molecule has 3 N–H and O–H groups in total. The van der Waals surface area contributed by atoms with Gasteiger partial charge in [-0.05, 0) is 18.1 Å². The smallest absolute Gasteiger partial charge is 0.182 e. The zero-order chi connectivity index (χ0) is 14.1. The van der Waals surface area contributed by atoms with Gasteiger partial charge in [0.15, 0.2) is 5.82 Å². The summed E-state index contributed by atoms with van der Waals surface area (Å²) in [6.07, 6.45) is 3.86. The van der Waals surface area contributed by atoms with Crippen molar-refractivity contribution in [3.8, 4) is 11.5 Å². The molecular formula is C14H16N6. The molecule has 3 rings (SSSR count). The predicted molar refractivity (Wildman–Crippen MR) is 78.1 cm³/mol. The van der Waals surface area contributed by atoms with Crippen LogP contribution in [0.3, 0.4) is 0 Å². The number of imidazole rings is 1. The van der Waals surface area contributed by atoms with Gasteiger partial charge in [-0.25, -0.2) is 20.8 Å². The molecule has 0 aliphatic carbocycles. The number of fused-ring (bicyclic) bond motifs is 1. The summed E-state index contributed by atoms with van der Waals surface area (Å²) in [7, 11) is 0. The first-order valence-corrected chi connectivity index (χ1v) is 6.47. The van der Waals surface area contributed by atoms with E-state index >= 15 is 0 Å². The van der Waals surface area contributed by atoms with Crippen LogP contribution >= 0.6 is 0 Å². The van der Waals surface area contributed by atoms with Crippen molar-refractivity contribution in [2.24, 2.45) is 5.84 Å². The molecule has 6 heteroatoms. The fourth-order valence-corrected chi connectivity index (χ4v) is 1.99. The van der Waals surface area contributed by atoms with Crippen molar-refractivity contribution in [3.63, 3.8) is 0 Å². The zero-order valence-corrected chi connectivity index (χ0v) is 11.4. The first-order valence-electron chi connectivity index (χ1n) is 6.47. The summed E-state index contributed by atoms with van der Waals surface area (Å²) in [4.78, 5) is 13.5. The molecule has 0 spiro atoms. The first-order chi connectivity index (χ1) is 9.67. The molecule has 0 unspecified atom stereocenters. The van der Waals surface area contributed by atoms with Crippen molar-refractivity contribution >= 4 is 11.5 Å². The van der Waals surface area contributed by atoms with Gasteiger partial charge in [-0.2, -0.15) is 0 Å². The topological polar surface area (TPSA) is 81.1 Å². The number of nitrogen functional groups attached to an aromatic ring is 1. The molecule has 20 heavy (non-hydrogen) atoms. The predicted octanol–water partition coefficient (Wildman–Crippen LogP) is 2.20. The second kappa shape index (κ2) is 4.90. The lowest BCUT2D eigenvalue weighted by Crippen LogP contribution is -2.11. The second-order valence-corrected chi connectivity index (χ2v) is 4.89. The molecule has 0 aliphatic rings. The second-order valence-electron chi connectivity index (χ2n) is 4.89. The van der Waals surface area contributed by atoms with Gasteiger partial charge in [-0.1, -0.05) is 19.9 Å². The zero-order valence-electron chi connectivity index (χ0n) is 11.4. The third-order valence-corrected chi connectivity index (χ3v) is 3.08. The fourth-order valence-electron chi connectivity index (χ4n) is 1.99. The van der Waals surface area contributed by atoms with Gasteiger partial charge in [0, 0.05) is 24.2 Å². The summed E-state index contributed by atoms with van der Waals surface area (Å²) in [5.41, 5.74) is 5.11. The summed E-state index contributed by atoms with van der Waals surface area (Å²) in [5, 5.41) is 0. The average Bonchev–Trinajstić information content (AvgIpc) is 2.90. The maximum atomic E-state index is 5.48. The molecule has 6 nitrogen and oxygen atoms in total. The van der Waals surface area contributed by atoms with Gasteiger partial charge in [0.05, 0.1) is 0 Å². The van der Waals surface area contributed by atoms with Crippen LogP contribution in [0, 0.1) is 0 Å². The number of nitrogens with zero attached hydrogens (tertiary/aromatic N) is 4. The van der Waals surface area contributed by atoms with Crippen molar-refractivity contribution in [1.29, 1.82) is 0 Å². The van der Waals surface area contributed by atoms with E-state index in [2.05, 4.69) is 34.2 Å². The van der Waals surface area contributed by atoms with Crippen LogP contribution in [0.4, 0.5) is 5.82 Å². The lowest BCUT2D eigenvalue weighted by Gasteiger charge is -2.08. The number of rotatable bonds is 3. The molecule has 3 aromatic rings. The van der Waals surface area contributed by atoms with E-state index < -0.39 is 0 Å². The Morgan fingerprint density at radius 1 is 1.20 bits per heavy atom. The minimum absolute atomic E-state index is 0.292. The number of aromatic nitrogens is 4. The molecule has 3 heterocycles. The van der Waals surface area contributed by atoms with Crippen molar-refractivity contribution in [2.75, 3.05) is 5.43 Å². The normalized spacial score (nSPS) is 11.2. The lowest BCUT2D eigenvalue weighted by atomic mass is 10.1. The Hall–Kier alpha value is -2.47. The quantitative estimate of drug-likeness (QED) is 0.562. The summed E-state index contributed by atoms with van der Waals surface area (Å²) in [6, 6.07) is 7.70. The third kappa shape index (κ3) is 2.21. The van der Waals surface area contributed by atoms with E-state index in [4.69, 9.17) is 5.84 Å². The van der Waals surface area contributed by atoms with Crippen LogP contribution in [-0.4, -0.2) is 19.4 Å². The van der Waals surface area contributed by atoms with Gasteiger partial charge >= 0.3 is 0 Å². The van der Waals surface area contributed by atoms with E-state index in [1.807, 2.05) is 41.1 Å². The average molecular weight is 268 g/mol. The maximum Gasteiger partial charge on any atom is 0.182 e. The monoisotopic (exact) mass is 268 g/mol. The van der Waals surface area contributed by atoms with E-state index in [-0.39, 0.29) is 0 Å². The highest BCUT2D eigenvalue weighted by atomic mass is 15.3. The number of hydrogen-bond donors (Lipinski definition) is 2. The number of hydrogen-bond acceptors (Lipinski definition) is 5. The van der Waals surface area contributed by atoms with Crippen molar-refractivity contribution < 1.29 is 0 Å². The van der Waals surface area contributed by atoms with E-state index in [1.165, 1.54) is 0 Å². The summed E-state index contributed by atoms with van der Waals surface area (Å²) < 4.78 is 1.94. The van der Waals surface area contributed by atoms with Crippen LogP contribution in [0.2, 0.25) is 0 Å². The molecule has 0 fully saturated rings. The van der Waals surface area contributed by atoms with Gasteiger partial charge < -0.3 is 9.83 Å². The molecule has 0 saturated carbocycles. The van der Waals surface area contributed by atoms with E-state index in [0.717, 1.165) is 17.0 Å². The van der Waals surface area contributed by atoms with Crippen LogP contribution in [0.1, 0.15) is 25.5 Å². The third-order valence-electron chi connectivity index (χ3n) is 3.08. The molecule has 3 aromatic heterocycles. The van der Waals surface area contributed by atoms with E-state index in [9.17, 15) is 0 Å². The van der Waals surface area contributed by atoms with Crippen LogP contribution in [0.25, 0.3) is 17.2 Å². The van der Waals surface area contributed by atoms with Crippen molar-refractivity contribution in [1.82, 2.24) is 19.4 Å². The number of pyridine rings is 1. The number of nitrogens with two attached hydrogens (primary N) is 1. The van der Waals surface area contributed by atoms with Gasteiger partial charge in [0.25, 0.3) is 0 Å². The van der Waals surface area contributed by atoms with Gasteiger partial charge in [0.2, 0.25) is 0 Å². The Morgan fingerprint density at radius 2 is 2.05 bits per heavy atom. The number of anilines is 1. The molecule has 0 radical (unpaired) electrons. The highest BCUT2D eigenvalue weighted by Crippen LogP contribution is 2.21. The standard InChI is InChI=1S/C14H16N6/c1-9(2)10-7-12(19-15)18-14(17-10)11-8-20-6-4-3-5-13(20)16-11/h3-9H,15H2,1-2H3,(H,17,18,19). The molecule has 0 saturated heterocycles. The summed E-state index contributed by atoms with van der Waals surface area (Å²) in [6.45, 7) is 4.16. The Morgan fingerprint density at radius 3 is 2.75 bits per heavy atom.